The van der Waals surface area contributed by atoms with Crippen molar-refractivity contribution in [2.75, 3.05) is 18.2 Å². The molecule has 7 heteroatoms. The molecule has 19 heavy (non-hydrogen) atoms. The van der Waals surface area contributed by atoms with E-state index in [0.717, 1.165) is 28.4 Å². The second-order valence-electron chi connectivity index (χ2n) is 4.09. The van der Waals surface area contributed by atoms with Crippen LogP contribution in [0.3, 0.4) is 0 Å². The van der Waals surface area contributed by atoms with E-state index in [9.17, 15) is 0 Å². The van der Waals surface area contributed by atoms with Gasteiger partial charge in [0, 0.05) is 11.9 Å². The molecule has 98 valence electrons. The molecule has 0 spiro atoms. The number of aromatic nitrogens is 4. The molecule has 3 aromatic rings. The van der Waals surface area contributed by atoms with Gasteiger partial charge in [0.2, 0.25) is 0 Å². The van der Waals surface area contributed by atoms with Crippen molar-refractivity contribution in [3.8, 4) is 0 Å². The van der Waals surface area contributed by atoms with Gasteiger partial charge in [-0.3, -0.25) is 5.10 Å². The standard InChI is InChI=1S/C12H13N5S2/c1-17(6-8-4-3-5-19-8)11-9-10(13-7-14-11)15-16-12(9)18-2/h3-5,7H,6H2,1-2H3,(H,13,14,15,16). The van der Waals surface area contributed by atoms with Gasteiger partial charge < -0.3 is 4.90 Å². The van der Waals surface area contributed by atoms with Crippen LogP contribution in [-0.4, -0.2) is 33.5 Å². The van der Waals surface area contributed by atoms with Crippen molar-refractivity contribution >= 4 is 39.9 Å². The van der Waals surface area contributed by atoms with E-state index in [1.54, 1.807) is 29.4 Å². The molecule has 1 N–H and O–H groups in total. The normalized spacial score (nSPS) is 11.1. The second kappa shape index (κ2) is 5.18. The predicted molar refractivity (Wildman–Crippen MR) is 79.9 cm³/mol. The van der Waals surface area contributed by atoms with Crippen molar-refractivity contribution in [3.63, 3.8) is 0 Å². The molecule has 0 amide bonds. The summed E-state index contributed by atoms with van der Waals surface area (Å²) in [5.41, 5.74) is 0.785. The highest BCUT2D eigenvalue weighted by Gasteiger charge is 2.15. The van der Waals surface area contributed by atoms with Gasteiger partial charge in [0.1, 0.15) is 17.2 Å². The molecule has 0 saturated heterocycles. The molecule has 0 aromatic carbocycles. The number of aromatic amines is 1. The van der Waals surface area contributed by atoms with Crippen molar-refractivity contribution in [1.29, 1.82) is 0 Å². The molecule has 0 aliphatic carbocycles. The molecule has 0 radical (unpaired) electrons. The average Bonchev–Trinajstić information content (AvgIpc) is 3.06. The molecule has 0 atom stereocenters. The minimum Gasteiger partial charge on any atom is -0.354 e. The summed E-state index contributed by atoms with van der Waals surface area (Å²) in [5, 5.41) is 11.2. The van der Waals surface area contributed by atoms with E-state index >= 15 is 0 Å². The Morgan fingerprint density at radius 2 is 2.32 bits per heavy atom. The van der Waals surface area contributed by atoms with Gasteiger partial charge in [-0.1, -0.05) is 6.07 Å². The van der Waals surface area contributed by atoms with Crippen LogP contribution in [0.25, 0.3) is 11.0 Å². The number of hydrogen-bond donors (Lipinski definition) is 1. The molecule has 0 unspecified atom stereocenters. The second-order valence-corrected chi connectivity index (χ2v) is 5.92. The first kappa shape index (κ1) is 12.4. The minimum absolute atomic E-state index is 0.785. The van der Waals surface area contributed by atoms with Gasteiger partial charge in [-0.15, -0.1) is 23.1 Å². The van der Waals surface area contributed by atoms with Gasteiger partial charge in [-0.25, -0.2) is 9.97 Å². The monoisotopic (exact) mass is 291 g/mol. The molecule has 0 aliphatic heterocycles. The summed E-state index contributed by atoms with van der Waals surface area (Å²) in [7, 11) is 2.04. The molecule has 0 bridgehead atoms. The molecule has 5 nitrogen and oxygen atoms in total. The third-order valence-corrected chi connectivity index (χ3v) is 4.38. The highest BCUT2D eigenvalue weighted by atomic mass is 32.2. The molecule has 0 fully saturated rings. The summed E-state index contributed by atoms with van der Waals surface area (Å²) in [6.45, 7) is 0.836. The van der Waals surface area contributed by atoms with Crippen LogP contribution in [0.5, 0.6) is 0 Å². The highest BCUT2D eigenvalue weighted by molar-refractivity contribution is 7.98. The molecule has 3 heterocycles. The van der Waals surface area contributed by atoms with Gasteiger partial charge in [-0.2, -0.15) is 5.10 Å². The average molecular weight is 291 g/mol. The van der Waals surface area contributed by atoms with Crippen molar-refractivity contribution in [1.82, 2.24) is 20.2 Å². The topological polar surface area (TPSA) is 57.7 Å². The van der Waals surface area contributed by atoms with Crippen LogP contribution in [0.4, 0.5) is 5.82 Å². The summed E-state index contributed by atoms with van der Waals surface area (Å²) in [6.07, 6.45) is 3.58. The quantitative estimate of drug-likeness (QED) is 0.749. The fraction of sp³-hybridized carbons (Fsp3) is 0.250. The van der Waals surface area contributed by atoms with Gasteiger partial charge in [0.15, 0.2) is 5.65 Å². The van der Waals surface area contributed by atoms with Crippen LogP contribution in [-0.2, 0) is 6.54 Å². The lowest BCUT2D eigenvalue weighted by molar-refractivity contribution is 0.913. The van der Waals surface area contributed by atoms with E-state index in [1.807, 2.05) is 13.3 Å². The van der Waals surface area contributed by atoms with E-state index in [1.165, 1.54) is 4.88 Å². The first-order chi connectivity index (χ1) is 9.29. The molecule has 0 saturated carbocycles. The van der Waals surface area contributed by atoms with Crippen LogP contribution in [0, 0.1) is 0 Å². The van der Waals surface area contributed by atoms with Crippen LogP contribution in [0.15, 0.2) is 28.9 Å². The molecule has 0 aliphatic rings. The third kappa shape index (κ3) is 2.31. The van der Waals surface area contributed by atoms with Crippen molar-refractivity contribution in [2.45, 2.75) is 11.6 Å². The number of rotatable bonds is 4. The number of nitrogens with one attached hydrogen (secondary N) is 1. The first-order valence-corrected chi connectivity index (χ1v) is 7.86. The third-order valence-electron chi connectivity index (χ3n) is 2.83. The summed E-state index contributed by atoms with van der Waals surface area (Å²) >= 11 is 3.35. The van der Waals surface area contributed by atoms with Crippen LogP contribution >= 0.6 is 23.1 Å². The van der Waals surface area contributed by atoms with E-state index < -0.39 is 0 Å². The molecule has 3 aromatic heterocycles. The Morgan fingerprint density at radius 3 is 3.05 bits per heavy atom. The van der Waals surface area contributed by atoms with Crippen LogP contribution in [0.2, 0.25) is 0 Å². The summed E-state index contributed by atoms with van der Waals surface area (Å²) < 4.78 is 0. The van der Waals surface area contributed by atoms with Crippen LogP contribution < -0.4 is 4.90 Å². The Hall–Kier alpha value is -1.60. The summed E-state index contributed by atoms with van der Waals surface area (Å²) in [5.74, 6) is 0.913. The number of nitrogens with zero attached hydrogens (tertiary/aromatic N) is 4. The Balaban J connectivity index is 2.01. The number of anilines is 1. The molecule has 3 rings (SSSR count). The van der Waals surface area contributed by atoms with Crippen molar-refractivity contribution in [3.05, 3.63) is 28.7 Å². The lowest BCUT2D eigenvalue weighted by atomic mass is 10.3. The zero-order valence-corrected chi connectivity index (χ0v) is 12.3. The predicted octanol–water partition coefficient (Wildman–Crippen LogP) is 2.77. The SMILES string of the molecule is CSc1n[nH]c2ncnc(N(C)Cc3cccs3)c12. The summed E-state index contributed by atoms with van der Waals surface area (Å²) in [6, 6.07) is 4.19. The molecular formula is C12H13N5S2. The van der Waals surface area contributed by atoms with Gasteiger partial charge in [0.25, 0.3) is 0 Å². The van der Waals surface area contributed by atoms with Gasteiger partial charge >= 0.3 is 0 Å². The maximum atomic E-state index is 4.41. The minimum atomic E-state index is 0.785. The first-order valence-electron chi connectivity index (χ1n) is 5.76. The number of thiophene rings is 1. The smallest absolute Gasteiger partial charge is 0.161 e. The Labute approximate surface area is 119 Å². The number of hydrogen-bond acceptors (Lipinski definition) is 6. The Morgan fingerprint density at radius 1 is 1.42 bits per heavy atom. The number of H-pyrrole nitrogens is 1. The van der Waals surface area contributed by atoms with E-state index in [4.69, 9.17) is 0 Å². The van der Waals surface area contributed by atoms with Crippen LogP contribution in [0.1, 0.15) is 4.88 Å². The zero-order valence-electron chi connectivity index (χ0n) is 10.6. The Kier molecular flexibility index (Phi) is 3.39. The molecular weight excluding hydrogens is 278 g/mol. The number of thioether (sulfide) groups is 1. The van der Waals surface area contributed by atoms with Crippen molar-refractivity contribution < 1.29 is 0 Å². The highest BCUT2D eigenvalue weighted by Crippen LogP contribution is 2.30. The van der Waals surface area contributed by atoms with Gasteiger partial charge in [-0.05, 0) is 17.7 Å². The lowest BCUT2D eigenvalue weighted by Gasteiger charge is -2.17. The Bertz CT molecular complexity index is 677. The zero-order chi connectivity index (χ0) is 13.2. The maximum Gasteiger partial charge on any atom is 0.161 e. The fourth-order valence-electron chi connectivity index (χ4n) is 1.97. The van der Waals surface area contributed by atoms with Crippen molar-refractivity contribution in [2.24, 2.45) is 0 Å². The van der Waals surface area contributed by atoms with E-state index in [0.29, 0.717) is 0 Å². The summed E-state index contributed by atoms with van der Waals surface area (Å²) in [4.78, 5) is 12.1. The van der Waals surface area contributed by atoms with E-state index in [-0.39, 0.29) is 0 Å². The maximum absolute atomic E-state index is 4.41. The lowest BCUT2D eigenvalue weighted by Crippen LogP contribution is -2.17. The largest absolute Gasteiger partial charge is 0.354 e. The van der Waals surface area contributed by atoms with Gasteiger partial charge in [0.05, 0.1) is 11.9 Å². The number of fused-ring (bicyclic) bond motifs is 1. The van der Waals surface area contributed by atoms with E-state index in [2.05, 4.69) is 42.6 Å². The fourth-order valence-corrected chi connectivity index (χ4v) is 3.25.